The Bertz CT molecular complexity index is 422. The lowest BCUT2D eigenvalue weighted by molar-refractivity contribution is -0.111. The van der Waals surface area contributed by atoms with Gasteiger partial charge >= 0.3 is 0 Å². The number of rotatable bonds is 5. The van der Waals surface area contributed by atoms with Crippen molar-refractivity contribution >= 4 is 11.6 Å². The minimum absolute atomic E-state index is 0.121. The fraction of sp³-hybridized carbons (Fsp3) is 0.214. The zero-order valence-corrected chi connectivity index (χ0v) is 10.2. The van der Waals surface area contributed by atoms with Crippen LogP contribution in [0.2, 0.25) is 0 Å². The van der Waals surface area contributed by atoms with Gasteiger partial charge in [0.25, 0.3) is 0 Å². The lowest BCUT2D eigenvalue weighted by Crippen LogP contribution is -2.09. The molecule has 0 heterocycles. The number of carbonyl (C=O) groups is 1. The number of carbonyl (C=O) groups excluding carboxylic acids is 1. The highest BCUT2D eigenvalue weighted by Crippen LogP contribution is 2.10. The van der Waals surface area contributed by atoms with Crippen molar-refractivity contribution in [3.8, 4) is 0 Å². The first-order chi connectivity index (χ1) is 8.26. The average molecular weight is 230 g/mol. The van der Waals surface area contributed by atoms with Crippen molar-refractivity contribution in [1.82, 2.24) is 5.32 Å². The van der Waals surface area contributed by atoms with E-state index in [0.29, 0.717) is 0 Å². The van der Waals surface area contributed by atoms with E-state index in [-0.39, 0.29) is 5.91 Å². The normalized spacial score (nSPS) is 11.2. The molecule has 0 aliphatic rings. The van der Waals surface area contributed by atoms with E-state index < -0.39 is 0 Å². The van der Waals surface area contributed by atoms with Crippen molar-refractivity contribution in [2.24, 2.45) is 0 Å². The van der Waals surface area contributed by atoms with Crippen molar-refractivity contribution in [3.05, 3.63) is 54.1 Å². The Balaban J connectivity index is 2.61. The molecule has 1 aromatic carbocycles. The SMILES string of the molecule is C/C=C/C=C/C(=O)Nc1cccc(CNC)c1. The molecule has 3 nitrogen and oxygen atoms in total. The highest BCUT2D eigenvalue weighted by molar-refractivity contribution is 5.99. The van der Waals surface area contributed by atoms with Crippen LogP contribution in [0.4, 0.5) is 5.69 Å². The number of benzene rings is 1. The zero-order chi connectivity index (χ0) is 12.5. The second-order valence-electron chi connectivity index (χ2n) is 3.60. The predicted molar refractivity (Wildman–Crippen MR) is 71.8 cm³/mol. The van der Waals surface area contributed by atoms with E-state index in [0.717, 1.165) is 17.8 Å². The summed E-state index contributed by atoms with van der Waals surface area (Å²) >= 11 is 0. The lowest BCUT2D eigenvalue weighted by atomic mass is 10.2. The first kappa shape index (κ1) is 13.2. The summed E-state index contributed by atoms with van der Waals surface area (Å²) in [6.07, 6.45) is 6.91. The molecular formula is C14H18N2O. The molecule has 0 aliphatic carbocycles. The number of hydrogen-bond donors (Lipinski definition) is 2. The fourth-order valence-corrected chi connectivity index (χ4v) is 1.40. The van der Waals surface area contributed by atoms with Crippen molar-refractivity contribution in [2.75, 3.05) is 12.4 Å². The second-order valence-corrected chi connectivity index (χ2v) is 3.60. The average Bonchev–Trinajstić information content (AvgIpc) is 2.30. The Hall–Kier alpha value is -1.87. The molecule has 1 rings (SSSR count). The van der Waals surface area contributed by atoms with Gasteiger partial charge in [0, 0.05) is 18.3 Å². The molecule has 1 amide bonds. The van der Waals surface area contributed by atoms with E-state index in [9.17, 15) is 4.79 Å². The van der Waals surface area contributed by atoms with Crippen LogP contribution in [-0.4, -0.2) is 13.0 Å². The third-order valence-electron chi connectivity index (χ3n) is 2.13. The Labute approximate surface area is 102 Å². The summed E-state index contributed by atoms with van der Waals surface area (Å²) in [4.78, 5) is 11.5. The molecule has 0 spiro atoms. The monoisotopic (exact) mass is 230 g/mol. The number of amides is 1. The second kappa shape index (κ2) is 7.41. The van der Waals surface area contributed by atoms with Crippen molar-refractivity contribution in [2.45, 2.75) is 13.5 Å². The summed E-state index contributed by atoms with van der Waals surface area (Å²) in [7, 11) is 1.89. The molecule has 17 heavy (non-hydrogen) atoms. The van der Waals surface area contributed by atoms with Gasteiger partial charge in [-0.05, 0) is 31.7 Å². The molecule has 0 atom stereocenters. The van der Waals surface area contributed by atoms with Gasteiger partial charge in [-0.1, -0.05) is 30.4 Å². The van der Waals surface area contributed by atoms with E-state index in [1.165, 1.54) is 6.08 Å². The van der Waals surface area contributed by atoms with E-state index in [1.807, 2.05) is 50.4 Å². The van der Waals surface area contributed by atoms with Crippen molar-refractivity contribution < 1.29 is 4.79 Å². The number of hydrogen-bond acceptors (Lipinski definition) is 2. The van der Waals surface area contributed by atoms with Crippen LogP contribution in [0.5, 0.6) is 0 Å². The molecule has 0 radical (unpaired) electrons. The molecule has 2 N–H and O–H groups in total. The topological polar surface area (TPSA) is 41.1 Å². The van der Waals surface area contributed by atoms with Gasteiger partial charge in [-0.3, -0.25) is 4.79 Å². The van der Waals surface area contributed by atoms with Crippen LogP contribution in [0.1, 0.15) is 12.5 Å². The lowest BCUT2D eigenvalue weighted by Gasteiger charge is -2.05. The minimum Gasteiger partial charge on any atom is -0.323 e. The first-order valence-electron chi connectivity index (χ1n) is 5.60. The predicted octanol–water partition coefficient (Wildman–Crippen LogP) is 2.48. The van der Waals surface area contributed by atoms with Crippen LogP contribution in [0.15, 0.2) is 48.6 Å². The van der Waals surface area contributed by atoms with Gasteiger partial charge < -0.3 is 10.6 Å². The third-order valence-corrected chi connectivity index (χ3v) is 2.13. The van der Waals surface area contributed by atoms with Gasteiger partial charge in [-0.2, -0.15) is 0 Å². The molecule has 0 unspecified atom stereocenters. The molecule has 0 saturated carbocycles. The molecule has 0 aliphatic heterocycles. The maximum absolute atomic E-state index is 11.5. The summed E-state index contributed by atoms with van der Waals surface area (Å²) in [6.45, 7) is 2.70. The minimum atomic E-state index is -0.121. The Morgan fingerprint density at radius 2 is 2.18 bits per heavy atom. The maximum Gasteiger partial charge on any atom is 0.248 e. The van der Waals surface area contributed by atoms with E-state index >= 15 is 0 Å². The quantitative estimate of drug-likeness (QED) is 0.602. The molecule has 0 saturated heterocycles. The Morgan fingerprint density at radius 3 is 2.88 bits per heavy atom. The molecule has 0 fully saturated rings. The van der Waals surface area contributed by atoms with Gasteiger partial charge in [0.2, 0.25) is 5.91 Å². The van der Waals surface area contributed by atoms with Crippen LogP contribution in [0, 0.1) is 0 Å². The zero-order valence-electron chi connectivity index (χ0n) is 10.2. The van der Waals surface area contributed by atoms with E-state index in [2.05, 4.69) is 10.6 Å². The molecule has 3 heteroatoms. The molecule has 0 bridgehead atoms. The van der Waals surface area contributed by atoms with Gasteiger partial charge in [0.15, 0.2) is 0 Å². The number of allylic oxidation sites excluding steroid dienone is 3. The van der Waals surface area contributed by atoms with Crippen molar-refractivity contribution in [3.63, 3.8) is 0 Å². The standard InChI is InChI=1S/C14H18N2O/c1-3-4-5-9-14(17)16-13-8-6-7-12(10-13)11-15-2/h3-10,15H,11H2,1-2H3,(H,16,17)/b4-3+,9-5+. The smallest absolute Gasteiger partial charge is 0.248 e. The van der Waals surface area contributed by atoms with Crippen LogP contribution in [0.3, 0.4) is 0 Å². The molecule has 1 aromatic rings. The Morgan fingerprint density at radius 1 is 1.35 bits per heavy atom. The van der Waals surface area contributed by atoms with E-state index in [4.69, 9.17) is 0 Å². The van der Waals surface area contributed by atoms with Crippen LogP contribution < -0.4 is 10.6 Å². The Kier molecular flexibility index (Phi) is 5.75. The third kappa shape index (κ3) is 5.13. The summed E-state index contributed by atoms with van der Waals surface area (Å²) in [6, 6.07) is 7.78. The van der Waals surface area contributed by atoms with Crippen molar-refractivity contribution in [1.29, 1.82) is 0 Å². The highest BCUT2D eigenvalue weighted by atomic mass is 16.1. The van der Waals surface area contributed by atoms with Crippen LogP contribution in [0.25, 0.3) is 0 Å². The summed E-state index contributed by atoms with van der Waals surface area (Å²) in [5, 5.41) is 5.88. The van der Waals surface area contributed by atoms with Crippen LogP contribution >= 0.6 is 0 Å². The van der Waals surface area contributed by atoms with Gasteiger partial charge in [0.1, 0.15) is 0 Å². The molecule has 0 aromatic heterocycles. The van der Waals surface area contributed by atoms with Gasteiger partial charge in [0.05, 0.1) is 0 Å². The summed E-state index contributed by atoms with van der Waals surface area (Å²) in [5.41, 5.74) is 1.95. The molecule has 90 valence electrons. The van der Waals surface area contributed by atoms with Crippen LogP contribution in [-0.2, 0) is 11.3 Å². The van der Waals surface area contributed by atoms with Gasteiger partial charge in [-0.25, -0.2) is 0 Å². The maximum atomic E-state index is 11.5. The summed E-state index contributed by atoms with van der Waals surface area (Å²) < 4.78 is 0. The number of anilines is 1. The van der Waals surface area contributed by atoms with Gasteiger partial charge in [-0.15, -0.1) is 0 Å². The fourth-order valence-electron chi connectivity index (χ4n) is 1.40. The largest absolute Gasteiger partial charge is 0.323 e. The first-order valence-corrected chi connectivity index (χ1v) is 5.60. The summed E-state index contributed by atoms with van der Waals surface area (Å²) in [5.74, 6) is -0.121. The number of nitrogens with one attached hydrogen (secondary N) is 2. The van der Waals surface area contributed by atoms with E-state index in [1.54, 1.807) is 6.08 Å². The molecular weight excluding hydrogens is 212 g/mol. The highest BCUT2D eigenvalue weighted by Gasteiger charge is 1.98.